The third-order valence-corrected chi connectivity index (χ3v) is 14.9. The molecule has 2 saturated carbocycles. The molecule has 1 amide bonds. The van der Waals surface area contributed by atoms with Gasteiger partial charge in [0, 0.05) is 64.8 Å². The van der Waals surface area contributed by atoms with E-state index in [1.165, 1.54) is 32.7 Å². The van der Waals surface area contributed by atoms with Crippen LogP contribution in [0.4, 0.5) is 4.79 Å². The van der Waals surface area contributed by atoms with Crippen molar-refractivity contribution in [3.8, 4) is 22.5 Å². The van der Waals surface area contributed by atoms with Crippen molar-refractivity contribution in [1.82, 2.24) is 59.3 Å². The number of halogens is 1. The summed E-state index contributed by atoms with van der Waals surface area (Å²) in [4.78, 5) is 39.9. The number of pyridine rings is 2. The van der Waals surface area contributed by atoms with Crippen LogP contribution >= 0.6 is 12.4 Å². The van der Waals surface area contributed by atoms with Crippen LogP contribution in [0.3, 0.4) is 0 Å². The quantitative estimate of drug-likeness (QED) is 0.149. The van der Waals surface area contributed by atoms with E-state index in [0.717, 1.165) is 106 Å². The maximum atomic E-state index is 11.2. The van der Waals surface area contributed by atoms with Crippen molar-refractivity contribution in [2.45, 2.75) is 49.4 Å². The molecule has 72 heavy (non-hydrogen) atoms. The minimum absolute atomic E-state index is 0. The topological polar surface area (TPSA) is 165 Å². The molecule has 14 rings (SSSR count). The van der Waals surface area contributed by atoms with Gasteiger partial charge in [0.05, 0.1) is 47.2 Å². The summed E-state index contributed by atoms with van der Waals surface area (Å²) < 4.78 is 3.84. The van der Waals surface area contributed by atoms with Gasteiger partial charge in [0.1, 0.15) is 11.4 Å². The zero-order valence-electron chi connectivity index (χ0n) is 39.3. The molecule has 0 unspecified atom stereocenters. The Bertz CT molecular complexity index is 3760. The van der Waals surface area contributed by atoms with E-state index in [1.807, 2.05) is 58.2 Å². The smallest absolute Gasteiger partial charge is 0.407 e. The third kappa shape index (κ3) is 8.11. The molecule has 10 aromatic rings. The van der Waals surface area contributed by atoms with Crippen LogP contribution < -0.4 is 5.32 Å². The molecule has 6 aromatic heterocycles. The van der Waals surface area contributed by atoms with Crippen molar-refractivity contribution >= 4 is 63.0 Å². The first-order valence-electron chi connectivity index (χ1n) is 24.3. The molecule has 4 aliphatic rings. The van der Waals surface area contributed by atoms with Crippen LogP contribution in [-0.4, -0.2) is 91.4 Å². The number of rotatable bonds is 8. The molecular weight excluding hydrogens is 920 g/mol. The van der Waals surface area contributed by atoms with Crippen LogP contribution in [-0.2, 0) is 10.8 Å². The zero-order valence-corrected chi connectivity index (χ0v) is 40.1. The van der Waals surface area contributed by atoms with Crippen LogP contribution in [0.15, 0.2) is 159 Å². The lowest BCUT2D eigenvalue weighted by molar-refractivity contribution is 0.150. The third-order valence-electron chi connectivity index (χ3n) is 14.9. The first kappa shape index (κ1) is 45.0. The van der Waals surface area contributed by atoms with Gasteiger partial charge >= 0.3 is 6.09 Å². The van der Waals surface area contributed by atoms with Gasteiger partial charge in [-0.05, 0) is 115 Å². The number of nitrogens with one attached hydrogen (secondary N) is 1. The van der Waals surface area contributed by atoms with Gasteiger partial charge in [-0.1, -0.05) is 84.9 Å². The molecule has 14 nitrogen and oxygen atoms in total. The highest BCUT2D eigenvalue weighted by molar-refractivity contribution is 5.85. The molecule has 0 atom stereocenters. The number of benzene rings is 4. The van der Waals surface area contributed by atoms with Crippen LogP contribution in [0.25, 0.3) is 67.0 Å². The molecule has 2 aliphatic heterocycles. The summed E-state index contributed by atoms with van der Waals surface area (Å²) in [5.74, 6) is 1.24. The van der Waals surface area contributed by atoms with Gasteiger partial charge in [-0.25, -0.2) is 24.7 Å². The molecule has 15 heteroatoms. The Labute approximate surface area is 420 Å². The lowest BCUT2D eigenvalue weighted by atomic mass is 9.91. The maximum absolute atomic E-state index is 11.2. The van der Waals surface area contributed by atoms with Crippen LogP contribution in [0.1, 0.15) is 72.2 Å². The Balaban J connectivity index is 0.000000146. The van der Waals surface area contributed by atoms with E-state index in [9.17, 15) is 9.90 Å². The van der Waals surface area contributed by atoms with Crippen molar-refractivity contribution in [1.29, 1.82) is 0 Å². The Morgan fingerprint density at radius 3 is 1.49 bits per heavy atom. The molecule has 0 saturated heterocycles. The van der Waals surface area contributed by atoms with Gasteiger partial charge < -0.3 is 15.3 Å². The summed E-state index contributed by atoms with van der Waals surface area (Å²) >= 11 is 0. The van der Waals surface area contributed by atoms with Gasteiger partial charge in [-0.2, -0.15) is 19.2 Å². The van der Waals surface area contributed by atoms with E-state index in [-0.39, 0.29) is 23.2 Å². The summed E-state index contributed by atoms with van der Waals surface area (Å²) in [6, 6.07) is 38.2. The number of amides is 1. The van der Waals surface area contributed by atoms with Crippen molar-refractivity contribution in [3.05, 3.63) is 192 Å². The highest BCUT2D eigenvalue weighted by Gasteiger charge is 2.50. The van der Waals surface area contributed by atoms with Crippen molar-refractivity contribution < 1.29 is 9.90 Å². The second-order valence-electron chi connectivity index (χ2n) is 19.0. The Morgan fingerprint density at radius 2 is 1.04 bits per heavy atom. The zero-order chi connectivity index (χ0) is 47.5. The Morgan fingerprint density at radius 1 is 0.556 bits per heavy atom. The molecule has 2 fully saturated rings. The molecule has 2 N–H and O–H groups in total. The van der Waals surface area contributed by atoms with Crippen molar-refractivity contribution in [2.75, 3.05) is 26.2 Å². The van der Waals surface area contributed by atoms with Gasteiger partial charge in [-0.15, -0.1) is 12.4 Å². The number of hydrogen-bond donors (Lipinski definition) is 2. The number of nitrogens with zero attached hydrogens (tertiary/aromatic N) is 11. The molecular formula is C57H49ClN12O2. The fraction of sp³-hybridized carbons (Fsp3) is 0.211. The minimum atomic E-state index is -0.871. The summed E-state index contributed by atoms with van der Waals surface area (Å²) in [5.41, 5.74) is 15.2. The molecule has 2 aliphatic carbocycles. The SMILES string of the molecule is C1=C(c2ccc(-c3cnc4ncc(C5(c6ccc7ncccc7c6)CC5)n4n3)cc2)CCNC1.Cl.O=C(O)N1CC=C(c2ccc(-c3cnc4ncc(C5(c6ccc7ncccc7c6)CC5)n4n3)cc2)CC1. The second kappa shape index (κ2) is 18.2. The maximum Gasteiger partial charge on any atom is 0.407 e. The van der Waals surface area contributed by atoms with E-state index < -0.39 is 6.09 Å². The minimum Gasteiger partial charge on any atom is -0.465 e. The fourth-order valence-corrected chi connectivity index (χ4v) is 10.5. The van der Waals surface area contributed by atoms with Crippen molar-refractivity contribution in [3.63, 3.8) is 0 Å². The van der Waals surface area contributed by atoms with E-state index in [1.54, 1.807) is 6.20 Å². The summed E-state index contributed by atoms with van der Waals surface area (Å²) in [6.45, 7) is 2.92. The number of aromatic nitrogens is 10. The van der Waals surface area contributed by atoms with Gasteiger partial charge in [-0.3, -0.25) is 9.97 Å². The molecule has 0 bridgehead atoms. The van der Waals surface area contributed by atoms with E-state index in [2.05, 4.69) is 138 Å². The van der Waals surface area contributed by atoms with E-state index in [0.29, 0.717) is 31.1 Å². The molecule has 356 valence electrons. The lowest BCUT2D eigenvalue weighted by Gasteiger charge is -2.23. The van der Waals surface area contributed by atoms with Gasteiger partial charge in [0.2, 0.25) is 0 Å². The number of fused-ring (bicyclic) bond motifs is 4. The van der Waals surface area contributed by atoms with Crippen LogP contribution in [0.2, 0.25) is 0 Å². The van der Waals surface area contributed by atoms with Gasteiger partial charge in [0.25, 0.3) is 11.6 Å². The average Bonchev–Trinajstić information content (AvgIpc) is 4.35. The highest BCUT2D eigenvalue weighted by atomic mass is 35.5. The average molecular weight is 970 g/mol. The number of carboxylic acid groups (broad SMARTS) is 1. The molecule has 4 aromatic carbocycles. The summed E-state index contributed by atoms with van der Waals surface area (Å²) in [7, 11) is 0. The number of carbonyl (C=O) groups is 1. The largest absolute Gasteiger partial charge is 0.465 e. The lowest BCUT2D eigenvalue weighted by Crippen LogP contribution is -2.33. The summed E-state index contributed by atoms with van der Waals surface area (Å²) in [5, 5.41) is 24.8. The first-order chi connectivity index (χ1) is 34.9. The van der Waals surface area contributed by atoms with E-state index in [4.69, 9.17) is 10.2 Å². The molecule has 0 radical (unpaired) electrons. The Kier molecular flexibility index (Phi) is 11.4. The summed E-state index contributed by atoms with van der Waals surface area (Å²) in [6.07, 6.45) is 20.5. The van der Waals surface area contributed by atoms with E-state index >= 15 is 0 Å². The highest BCUT2D eigenvalue weighted by Crippen LogP contribution is 2.55. The standard InChI is InChI=1S/C29H24N6O2.C28H24N6.ClH/c36-28(37)34-14-9-20(10-15-34)19-3-5-21(6-4-19)25-17-31-27-32-18-26(35(27)33-25)29(11-12-29)23-7-8-24-22(16-23)2-1-13-30-24;1-2-22-16-23(7-8-24(22)30-13-1)28(11-12-28)26-18-32-27-31-17-25(33-34(26)27)21-5-3-19(4-6-21)20-9-14-29-15-10-20;/h1-9,13,16-18H,10-12,14-15H2,(H,36,37);1-9,13,16-18,29H,10-12,14-15H2;1H. The fourth-order valence-electron chi connectivity index (χ4n) is 10.5. The Hall–Kier alpha value is -8.20. The second-order valence-corrected chi connectivity index (χ2v) is 19.0. The van der Waals surface area contributed by atoms with Crippen molar-refractivity contribution in [2.24, 2.45) is 0 Å². The monoisotopic (exact) mass is 968 g/mol. The molecule has 0 spiro atoms. The number of imidazole rings is 2. The normalized spacial score (nSPS) is 16.6. The predicted molar refractivity (Wildman–Crippen MR) is 281 cm³/mol. The molecule has 8 heterocycles. The predicted octanol–water partition coefficient (Wildman–Crippen LogP) is 10.4. The van der Waals surface area contributed by atoms with Crippen LogP contribution in [0.5, 0.6) is 0 Å². The first-order valence-corrected chi connectivity index (χ1v) is 24.3. The number of hydrogen-bond acceptors (Lipinski definition) is 10. The van der Waals surface area contributed by atoms with Gasteiger partial charge in [0.15, 0.2) is 0 Å². The van der Waals surface area contributed by atoms with Crippen LogP contribution in [0, 0.1) is 0 Å².